The van der Waals surface area contributed by atoms with Crippen molar-refractivity contribution in [3.05, 3.63) is 71.0 Å². The fraction of sp³-hybridized carbons (Fsp3) is 0.464. The van der Waals surface area contributed by atoms with Gasteiger partial charge in [0.25, 0.3) is 0 Å². The number of nitrogens with one attached hydrogen (secondary N) is 1. The third-order valence-electron chi connectivity index (χ3n) is 7.17. The molecule has 2 aromatic carbocycles. The van der Waals surface area contributed by atoms with E-state index in [2.05, 4.69) is 28.4 Å². The van der Waals surface area contributed by atoms with Crippen LogP contribution >= 0.6 is 0 Å². The Bertz CT molecular complexity index is 949. The van der Waals surface area contributed by atoms with Gasteiger partial charge in [-0.15, -0.1) is 0 Å². The number of hydrogen-bond donors (Lipinski definition) is 1. The van der Waals surface area contributed by atoms with Crippen LogP contribution in [0.4, 0.5) is 4.39 Å². The fourth-order valence-corrected chi connectivity index (χ4v) is 5.16. The number of benzene rings is 2. The summed E-state index contributed by atoms with van der Waals surface area (Å²) in [6.07, 6.45) is 11.1. The highest BCUT2D eigenvalue weighted by Crippen LogP contribution is 2.29. The Morgan fingerprint density at radius 3 is 2.61 bits per heavy atom. The number of fused-ring (bicyclic) bond motifs is 1. The lowest BCUT2D eigenvalue weighted by Gasteiger charge is -2.30. The number of carbonyl (C=O) groups excluding carboxylic acids is 1. The van der Waals surface area contributed by atoms with Crippen LogP contribution in [0.25, 0.3) is 6.08 Å². The van der Waals surface area contributed by atoms with Crippen molar-refractivity contribution in [3.8, 4) is 5.75 Å². The van der Waals surface area contributed by atoms with Gasteiger partial charge in [-0.25, -0.2) is 4.39 Å². The van der Waals surface area contributed by atoms with Crippen LogP contribution in [0.15, 0.2) is 48.5 Å². The molecular weight excluding hydrogens is 415 g/mol. The smallest absolute Gasteiger partial charge is 0.244 e. The number of rotatable bonds is 7. The van der Waals surface area contributed by atoms with Crippen molar-refractivity contribution in [1.29, 1.82) is 0 Å². The van der Waals surface area contributed by atoms with Gasteiger partial charge in [0, 0.05) is 25.2 Å². The number of carbonyl (C=O) groups is 1. The molecule has 1 saturated carbocycles. The molecule has 1 fully saturated rings. The maximum Gasteiger partial charge on any atom is 0.244 e. The van der Waals surface area contributed by atoms with Crippen LogP contribution in [0.1, 0.15) is 48.8 Å². The molecule has 176 valence electrons. The van der Waals surface area contributed by atoms with Gasteiger partial charge < -0.3 is 15.0 Å². The highest BCUT2D eigenvalue weighted by Gasteiger charge is 2.23. The average Bonchev–Trinajstić information content (AvgIpc) is 3.05. The summed E-state index contributed by atoms with van der Waals surface area (Å²) in [5, 5.41) is 3.13. The Kier molecular flexibility index (Phi) is 8.16. The van der Waals surface area contributed by atoms with Gasteiger partial charge in [0.1, 0.15) is 11.6 Å². The number of halogens is 1. The largest absolute Gasteiger partial charge is 0.496 e. The molecule has 5 heteroatoms. The van der Waals surface area contributed by atoms with Crippen LogP contribution in [0.3, 0.4) is 0 Å². The molecule has 2 aromatic rings. The first-order chi connectivity index (χ1) is 16.1. The van der Waals surface area contributed by atoms with Gasteiger partial charge in [0.15, 0.2) is 0 Å². The van der Waals surface area contributed by atoms with Crippen molar-refractivity contribution in [2.45, 2.75) is 51.0 Å². The molecule has 2 aliphatic rings. The molecule has 0 atom stereocenters. The lowest BCUT2D eigenvalue weighted by Crippen LogP contribution is -2.37. The zero-order chi connectivity index (χ0) is 23.0. The fourth-order valence-electron chi connectivity index (χ4n) is 5.16. The Balaban J connectivity index is 1.16. The first kappa shape index (κ1) is 23.5. The molecular formula is C28H35FN2O2. The predicted molar refractivity (Wildman–Crippen MR) is 131 cm³/mol. The minimum atomic E-state index is -0.269. The second-order valence-corrected chi connectivity index (χ2v) is 9.34. The quantitative estimate of drug-likeness (QED) is 0.603. The molecule has 4 rings (SSSR count). The standard InChI is InChI=1S/C28H35FN2O2/c1-33-27-4-2-3-23-16-19-31(20-17-26(23)27)18-15-22-7-12-25(13-8-22)30-28(32)14-9-21-5-10-24(29)11-6-21/h2-6,9-11,14,22,25H,7-8,12-13,15-20H2,1H3,(H,30,32)/b14-9+. The lowest BCUT2D eigenvalue weighted by atomic mass is 9.84. The molecule has 33 heavy (non-hydrogen) atoms. The van der Waals surface area contributed by atoms with Gasteiger partial charge >= 0.3 is 0 Å². The maximum atomic E-state index is 13.0. The van der Waals surface area contributed by atoms with E-state index in [0.29, 0.717) is 0 Å². The van der Waals surface area contributed by atoms with E-state index in [1.807, 2.05) is 0 Å². The average molecular weight is 451 g/mol. The summed E-state index contributed by atoms with van der Waals surface area (Å²) in [7, 11) is 1.76. The number of hydrogen-bond acceptors (Lipinski definition) is 3. The summed E-state index contributed by atoms with van der Waals surface area (Å²) in [4.78, 5) is 14.9. The number of ether oxygens (including phenoxy) is 1. The van der Waals surface area contributed by atoms with Gasteiger partial charge in [0.2, 0.25) is 5.91 Å². The Hall–Kier alpha value is -2.66. The SMILES string of the molecule is COc1cccc2c1CCN(CCC1CCC(NC(=O)/C=C/c3ccc(F)cc3)CC1)CC2. The van der Waals surface area contributed by atoms with Crippen LogP contribution < -0.4 is 10.1 Å². The minimum Gasteiger partial charge on any atom is -0.496 e. The molecule has 0 unspecified atom stereocenters. The summed E-state index contributed by atoms with van der Waals surface area (Å²) in [6, 6.07) is 12.8. The second-order valence-electron chi connectivity index (χ2n) is 9.34. The summed E-state index contributed by atoms with van der Waals surface area (Å²) in [6.45, 7) is 3.36. The third-order valence-corrected chi connectivity index (χ3v) is 7.17. The number of methoxy groups -OCH3 is 1. The van der Waals surface area contributed by atoms with Crippen LogP contribution in [0.5, 0.6) is 5.75 Å². The van der Waals surface area contributed by atoms with Crippen molar-refractivity contribution in [2.24, 2.45) is 5.92 Å². The third kappa shape index (κ3) is 6.67. The maximum absolute atomic E-state index is 13.0. The molecule has 0 saturated heterocycles. The zero-order valence-corrected chi connectivity index (χ0v) is 19.6. The molecule has 1 aliphatic heterocycles. The van der Waals surface area contributed by atoms with Crippen molar-refractivity contribution < 1.29 is 13.9 Å². The summed E-state index contributed by atoms with van der Waals surface area (Å²) < 4.78 is 18.6. The highest BCUT2D eigenvalue weighted by atomic mass is 19.1. The molecule has 1 aliphatic carbocycles. The monoisotopic (exact) mass is 450 g/mol. The second kappa shape index (κ2) is 11.5. The molecule has 1 N–H and O–H groups in total. The van der Waals surface area contributed by atoms with Gasteiger partial charge in [-0.2, -0.15) is 0 Å². The zero-order valence-electron chi connectivity index (χ0n) is 19.6. The topological polar surface area (TPSA) is 41.6 Å². The van der Waals surface area contributed by atoms with Crippen LogP contribution in [-0.2, 0) is 17.6 Å². The van der Waals surface area contributed by atoms with Gasteiger partial charge in [-0.1, -0.05) is 24.3 Å². The first-order valence-corrected chi connectivity index (χ1v) is 12.2. The van der Waals surface area contributed by atoms with E-state index in [1.54, 1.807) is 31.4 Å². The lowest BCUT2D eigenvalue weighted by molar-refractivity contribution is -0.117. The molecule has 1 amide bonds. The molecule has 0 spiro atoms. The molecule has 4 nitrogen and oxygen atoms in total. The summed E-state index contributed by atoms with van der Waals surface area (Å²) in [5.74, 6) is 1.44. The van der Waals surface area contributed by atoms with Crippen LogP contribution in [0, 0.1) is 11.7 Å². The van der Waals surface area contributed by atoms with Gasteiger partial charge in [-0.05, 0) is 98.4 Å². The van der Waals surface area contributed by atoms with E-state index in [1.165, 1.54) is 42.5 Å². The summed E-state index contributed by atoms with van der Waals surface area (Å²) >= 11 is 0. The van der Waals surface area contributed by atoms with Gasteiger partial charge in [-0.3, -0.25) is 4.79 Å². The van der Waals surface area contributed by atoms with Crippen molar-refractivity contribution in [1.82, 2.24) is 10.2 Å². The predicted octanol–water partition coefficient (Wildman–Crippen LogP) is 5.01. The first-order valence-electron chi connectivity index (χ1n) is 12.2. The Morgan fingerprint density at radius 1 is 1.09 bits per heavy atom. The van der Waals surface area contributed by atoms with E-state index >= 15 is 0 Å². The van der Waals surface area contributed by atoms with E-state index in [-0.39, 0.29) is 17.8 Å². The van der Waals surface area contributed by atoms with Crippen LogP contribution in [0.2, 0.25) is 0 Å². The highest BCUT2D eigenvalue weighted by molar-refractivity contribution is 5.91. The van der Waals surface area contributed by atoms with Gasteiger partial charge in [0.05, 0.1) is 7.11 Å². The van der Waals surface area contributed by atoms with E-state index in [9.17, 15) is 9.18 Å². The minimum absolute atomic E-state index is 0.0673. The Labute approximate surface area is 196 Å². The van der Waals surface area contributed by atoms with Crippen LogP contribution in [-0.4, -0.2) is 43.6 Å². The van der Waals surface area contributed by atoms with Crippen molar-refractivity contribution in [2.75, 3.05) is 26.7 Å². The summed E-state index contributed by atoms with van der Waals surface area (Å²) in [5.41, 5.74) is 3.64. The molecule has 0 bridgehead atoms. The van der Waals surface area contributed by atoms with E-state index < -0.39 is 0 Å². The van der Waals surface area contributed by atoms with Crippen molar-refractivity contribution >= 4 is 12.0 Å². The van der Waals surface area contributed by atoms with Crippen molar-refractivity contribution in [3.63, 3.8) is 0 Å². The number of nitrogens with zero attached hydrogens (tertiary/aromatic N) is 1. The number of amides is 1. The molecule has 0 radical (unpaired) electrons. The molecule has 1 heterocycles. The normalized spacial score (nSPS) is 21.4. The Morgan fingerprint density at radius 2 is 1.85 bits per heavy atom. The van der Waals surface area contributed by atoms with E-state index in [0.717, 1.165) is 62.5 Å². The van der Waals surface area contributed by atoms with E-state index in [4.69, 9.17) is 4.74 Å². The molecule has 0 aromatic heterocycles.